The number of nitrogens with zero attached hydrogens (tertiary/aromatic N) is 2. The number of carbonyl (C=O) groups excluding carboxylic acids is 2. The quantitative estimate of drug-likeness (QED) is 0.818. The second-order valence-electron chi connectivity index (χ2n) is 5.78. The molecule has 0 saturated heterocycles. The number of amides is 1. The maximum Gasteiger partial charge on any atom is 0.253 e. The molecular weight excluding hydrogens is 326 g/mol. The van der Waals surface area contributed by atoms with Crippen molar-refractivity contribution in [3.8, 4) is 0 Å². The van der Waals surface area contributed by atoms with Gasteiger partial charge in [0.1, 0.15) is 0 Å². The molecule has 1 amide bonds. The van der Waals surface area contributed by atoms with Gasteiger partial charge < -0.3 is 20.2 Å². The molecule has 0 saturated carbocycles. The number of anilines is 1. The van der Waals surface area contributed by atoms with Gasteiger partial charge in [0.25, 0.3) is 5.91 Å². The molecule has 7 heteroatoms. The van der Waals surface area contributed by atoms with E-state index in [4.69, 9.17) is 0 Å². The first-order valence-corrected chi connectivity index (χ1v) is 8.57. The van der Waals surface area contributed by atoms with Crippen LogP contribution in [0.5, 0.6) is 0 Å². The number of ketones is 1. The van der Waals surface area contributed by atoms with Gasteiger partial charge in [-0.05, 0) is 38.1 Å². The normalized spacial score (nSPS) is 17.2. The number of allylic oxidation sites excluding steroid dienone is 2. The zero-order valence-electron chi connectivity index (χ0n) is 14.4. The summed E-state index contributed by atoms with van der Waals surface area (Å²) in [6, 6.07) is 7.23. The van der Waals surface area contributed by atoms with Gasteiger partial charge in [0.2, 0.25) is 0 Å². The first-order chi connectivity index (χ1) is 11.3. The Balaban J connectivity index is 2.13. The summed E-state index contributed by atoms with van der Waals surface area (Å²) in [6.07, 6.45) is 0. The third kappa shape index (κ3) is 3.91. The zero-order chi connectivity index (χ0) is 17.9. The van der Waals surface area contributed by atoms with E-state index in [1.54, 1.807) is 33.2 Å². The number of Topliss-reactive ketones (excluding diaryl/α,β-unsaturated/α-hetero) is 1. The topological polar surface area (TPSA) is 72.9 Å². The van der Waals surface area contributed by atoms with Crippen molar-refractivity contribution in [3.05, 3.63) is 40.4 Å². The van der Waals surface area contributed by atoms with Gasteiger partial charge in [0.15, 0.2) is 11.3 Å². The number of aliphatic hydroxyl groups is 1. The number of aliphatic hydroxyl groups excluding tert-OH is 1. The Labute approximate surface area is 146 Å². The molecule has 0 aliphatic carbocycles. The number of benzene rings is 1. The zero-order valence-corrected chi connectivity index (χ0v) is 15.2. The third-order valence-electron chi connectivity index (χ3n) is 3.76. The van der Waals surface area contributed by atoms with E-state index in [1.165, 1.54) is 16.7 Å². The maximum atomic E-state index is 11.9. The fourth-order valence-corrected chi connectivity index (χ4v) is 3.78. The van der Waals surface area contributed by atoms with E-state index in [2.05, 4.69) is 5.32 Å². The van der Waals surface area contributed by atoms with Crippen molar-refractivity contribution in [3.63, 3.8) is 0 Å². The van der Waals surface area contributed by atoms with E-state index in [0.29, 0.717) is 17.0 Å². The van der Waals surface area contributed by atoms with Crippen molar-refractivity contribution >= 4 is 29.1 Å². The van der Waals surface area contributed by atoms with Crippen molar-refractivity contribution in [1.82, 2.24) is 9.80 Å². The Bertz CT molecular complexity index is 656. The highest BCUT2D eigenvalue weighted by Gasteiger charge is 2.31. The average Bonchev–Trinajstić information content (AvgIpc) is 2.85. The summed E-state index contributed by atoms with van der Waals surface area (Å²) in [4.78, 5) is 27.9. The molecule has 1 aromatic rings. The van der Waals surface area contributed by atoms with Gasteiger partial charge in [-0.15, -0.1) is 0 Å². The molecule has 24 heavy (non-hydrogen) atoms. The van der Waals surface area contributed by atoms with E-state index in [9.17, 15) is 14.7 Å². The van der Waals surface area contributed by atoms with Crippen LogP contribution in [0.2, 0.25) is 0 Å². The molecule has 1 aliphatic heterocycles. The second kappa shape index (κ2) is 7.72. The number of hydrogen-bond donors (Lipinski definition) is 2. The number of thioether (sulfide) groups is 1. The molecule has 0 radical (unpaired) electrons. The van der Waals surface area contributed by atoms with Gasteiger partial charge in [-0.3, -0.25) is 9.59 Å². The SMILES string of the molecule is CC(=O)C1=C(C)N(CCO)C(Nc2ccc(C(=O)N(C)C)cc2)S1. The standard InChI is InChI=1S/C17H23N3O3S/c1-11-15(12(2)22)24-17(20(11)9-10-21)18-14-7-5-13(6-8-14)16(23)19(3)4/h5-8,17-18,21H,9-10H2,1-4H3. The summed E-state index contributed by atoms with van der Waals surface area (Å²) in [7, 11) is 3.43. The first kappa shape index (κ1) is 18.4. The molecule has 1 aliphatic rings. The Morgan fingerprint density at radius 3 is 2.42 bits per heavy atom. The van der Waals surface area contributed by atoms with Crippen LogP contribution in [0.4, 0.5) is 5.69 Å². The molecule has 1 unspecified atom stereocenters. The van der Waals surface area contributed by atoms with Gasteiger partial charge in [0.05, 0.1) is 11.5 Å². The van der Waals surface area contributed by atoms with E-state index in [-0.39, 0.29) is 23.8 Å². The maximum absolute atomic E-state index is 11.9. The molecule has 0 bridgehead atoms. The van der Waals surface area contributed by atoms with Crippen LogP contribution in [0.1, 0.15) is 24.2 Å². The average molecular weight is 349 g/mol. The summed E-state index contributed by atoms with van der Waals surface area (Å²) in [6.45, 7) is 3.90. The lowest BCUT2D eigenvalue weighted by atomic mass is 10.2. The summed E-state index contributed by atoms with van der Waals surface area (Å²) < 4.78 is 0. The lowest BCUT2D eigenvalue weighted by molar-refractivity contribution is -0.113. The molecule has 130 valence electrons. The monoisotopic (exact) mass is 349 g/mol. The fourth-order valence-electron chi connectivity index (χ4n) is 2.51. The predicted molar refractivity (Wildman–Crippen MR) is 96.6 cm³/mol. The van der Waals surface area contributed by atoms with E-state index in [1.807, 2.05) is 24.0 Å². The van der Waals surface area contributed by atoms with Gasteiger partial charge in [0, 0.05) is 37.6 Å². The lowest BCUT2D eigenvalue weighted by Crippen LogP contribution is -2.35. The summed E-state index contributed by atoms with van der Waals surface area (Å²) in [5.74, 6) is -0.0215. The molecule has 1 heterocycles. The molecule has 6 nitrogen and oxygen atoms in total. The van der Waals surface area contributed by atoms with Crippen LogP contribution < -0.4 is 5.32 Å². The van der Waals surface area contributed by atoms with Crippen LogP contribution in [0.3, 0.4) is 0 Å². The van der Waals surface area contributed by atoms with Crippen LogP contribution >= 0.6 is 11.8 Å². The number of carbonyl (C=O) groups is 2. The Morgan fingerprint density at radius 2 is 1.92 bits per heavy atom. The summed E-state index contributed by atoms with van der Waals surface area (Å²) in [5.41, 5.74) is 2.18. The Hall–Kier alpha value is -1.99. The van der Waals surface area contributed by atoms with Gasteiger partial charge in [-0.2, -0.15) is 0 Å². The largest absolute Gasteiger partial charge is 0.395 e. The second-order valence-corrected chi connectivity index (χ2v) is 6.87. The summed E-state index contributed by atoms with van der Waals surface area (Å²) in [5, 5.41) is 12.6. The number of nitrogens with one attached hydrogen (secondary N) is 1. The Kier molecular flexibility index (Phi) is 5.90. The smallest absolute Gasteiger partial charge is 0.253 e. The van der Waals surface area contributed by atoms with Crippen molar-refractivity contribution in [2.75, 3.05) is 32.6 Å². The van der Waals surface area contributed by atoms with E-state index >= 15 is 0 Å². The molecule has 2 rings (SSSR count). The first-order valence-electron chi connectivity index (χ1n) is 7.69. The lowest BCUT2D eigenvalue weighted by Gasteiger charge is -2.28. The molecule has 0 aromatic heterocycles. The minimum Gasteiger partial charge on any atom is -0.395 e. The van der Waals surface area contributed by atoms with Crippen molar-refractivity contribution in [1.29, 1.82) is 0 Å². The molecule has 0 spiro atoms. The van der Waals surface area contributed by atoms with E-state index < -0.39 is 0 Å². The van der Waals surface area contributed by atoms with Crippen LogP contribution in [0, 0.1) is 0 Å². The predicted octanol–water partition coefficient (Wildman–Crippen LogP) is 1.95. The van der Waals surface area contributed by atoms with Crippen LogP contribution in [-0.4, -0.2) is 59.3 Å². The minimum absolute atomic E-state index is 0.0114. The third-order valence-corrected chi connectivity index (χ3v) is 5.17. The van der Waals surface area contributed by atoms with Gasteiger partial charge in [-0.1, -0.05) is 11.8 Å². The van der Waals surface area contributed by atoms with Crippen LogP contribution in [-0.2, 0) is 4.79 Å². The van der Waals surface area contributed by atoms with E-state index in [0.717, 1.165) is 11.4 Å². The number of β-amino-alcohol motifs (C(OH)–C–C–N with tert-alkyl or cyclic N) is 1. The van der Waals surface area contributed by atoms with Gasteiger partial charge >= 0.3 is 0 Å². The molecule has 0 fully saturated rings. The minimum atomic E-state index is -0.161. The molecule has 1 atom stereocenters. The number of hydrogen-bond acceptors (Lipinski definition) is 6. The highest BCUT2D eigenvalue weighted by Crippen LogP contribution is 2.38. The Morgan fingerprint density at radius 1 is 1.29 bits per heavy atom. The van der Waals surface area contributed by atoms with Crippen molar-refractivity contribution in [2.24, 2.45) is 0 Å². The molecular formula is C17H23N3O3S. The van der Waals surface area contributed by atoms with Crippen molar-refractivity contribution in [2.45, 2.75) is 19.3 Å². The van der Waals surface area contributed by atoms with Crippen LogP contribution in [0.15, 0.2) is 34.9 Å². The highest BCUT2D eigenvalue weighted by molar-refractivity contribution is 8.04. The highest BCUT2D eigenvalue weighted by atomic mass is 32.2. The van der Waals surface area contributed by atoms with Crippen LogP contribution in [0.25, 0.3) is 0 Å². The number of rotatable bonds is 6. The summed E-state index contributed by atoms with van der Waals surface area (Å²) >= 11 is 1.44. The van der Waals surface area contributed by atoms with Crippen molar-refractivity contribution < 1.29 is 14.7 Å². The fraction of sp³-hybridized carbons (Fsp3) is 0.412. The van der Waals surface area contributed by atoms with Gasteiger partial charge in [-0.25, -0.2) is 0 Å². The molecule has 1 aromatic carbocycles. The molecule has 2 N–H and O–H groups in total.